The first-order valence-electron chi connectivity index (χ1n) is 5.46. The lowest BCUT2D eigenvalue weighted by Crippen LogP contribution is -1.94. The molecule has 0 aliphatic heterocycles. The minimum atomic E-state index is -1.10. The van der Waals surface area contributed by atoms with Gasteiger partial charge in [-0.05, 0) is 18.2 Å². The van der Waals surface area contributed by atoms with Crippen LogP contribution in [-0.4, -0.2) is 23.3 Å². The summed E-state index contributed by atoms with van der Waals surface area (Å²) in [6.45, 7) is 0. The lowest BCUT2D eigenvalue weighted by atomic mass is 10.2. The molecular weight excluding hydrogens is 266 g/mol. The number of aromatic nitrogens is 1. The Kier molecular flexibility index (Phi) is 2.72. The number of rotatable bonds is 3. The maximum atomic E-state index is 10.8. The molecule has 0 radical (unpaired) electrons. The third-order valence-corrected chi connectivity index (χ3v) is 3.83. The number of thiophene rings is 1. The van der Waals surface area contributed by atoms with E-state index in [4.69, 9.17) is 14.4 Å². The summed E-state index contributed by atoms with van der Waals surface area (Å²) in [5.41, 5.74) is -0.0978. The predicted molar refractivity (Wildman–Crippen MR) is 70.8 cm³/mol. The molecule has 96 valence electrons. The average Bonchev–Trinajstić information content (AvgIpc) is 3.04. The Hall–Kier alpha value is -2.34. The van der Waals surface area contributed by atoms with Gasteiger partial charge in [0.1, 0.15) is 5.75 Å². The van der Waals surface area contributed by atoms with E-state index in [-0.39, 0.29) is 5.69 Å². The molecule has 2 aromatic heterocycles. The van der Waals surface area contributed by atoms with Crippen molar-refractivity contribution in [3.05, 3.63) is 36.0 Å². The van der Waals surface area contributed by atoms with Crippen LogP contribution in [0.1, 0.15) is 10.5 Å². The summed E-state index contributed by atoms with van der Waals surface area (Å²) in [5.74, 6) is 0.118. The zero-order chi connectivity index (χ0) is 13.4. The first-order chi connectivity index (χ1) is 9.19. The maximum absolute atomic E-state index is 10.8. The Morgan fingerprint density at radius 1 is 1.42 bits per heavy atom. The molecule has 3 aromatic rings. The van der Waals surface area contributed by atoms with Crippen molar-refractivity contribution in [3.63, 3.8) is 0 Å². The smallest absolute Gasteiger partial charge is 0.358 e. The van der Waals surface area contributed by atoms with Gasteiger partial charge in [-0.1, -0.05) is 11.2 Å². The summed E-state index contributed by atoms with van der Waals surface area (Å²) in [6.07, 6.45) is 0. The van der Waals surface area contributed by atoms with E-state index in [0.717, 1.165) is 20.7 Å². The molecule has 0 saturated carbocycles. The fourth-order valence-electron chi connectivity index (χ4n) is 1.83. The highest BCUT2D eigenvalue weighted by Gasteiger charge is 2.15. The number of carbonyl (C=O) groups is 1. The number of ether oxygens (including phenoxy) is 1. The van der Waals surface area contributed by atoms with E-state index in [0.29, 0.717) is 5.76 Å². The molecule has 5 nitrogen and oxygen atoms in total. The summed E-state index contributed by atoms with van der Waals surface area (Å²) in [5, 5.41) is 13.3. The highest BCUT2D eigenvalue weighted by Crippen LogP contribution is 2.37. The second kappa shape index (κ2) is 4.40. The largest absolute Gasteiger partial charge is 0.496 e. The van der Waals surface area contributed by atoms with Gasteiger partial charge in [-0.25, -0.2) is 4.79 Å². The van der Waals surface area contributed by atoms with Crippen LogP contribution in [0.5, 0.6) is 5.75 Å². The normalized spacial score (nSPS) is 10.8. The molecule has 0 aliphatic carbocycles. The third-order valence-electron chi connectivity index (χ3n) is 2.71. The van der Waals surface area contributed by atoms with Crippen molar-refractivity contribution in [2.75, 3.05) is 7.11 Å². The zero-order valence-electron chi connectivity index (χ0n) is 9.91. The molecule has 0 spiro atoms. The lowest BCUT2D eigenvalue weighted by molar-refractivity contribution is 0.0686. The van der Waals surface area contributed by atoms with Gasteiger partial charge in [0.25, 0.3) is 0 Å². The van der Waals surface area contributed by atoms with Crippen LogP contribution >= 0.6 is 11.3 Å². The third kappa shape index (κ3) is 1.96. The van der Waals surface area contributed by atoms with E-state index in [2.05, 4.69) is 5.16 Å². The van der Waals surface area contributed by atoms with Crippen LogP contribution in [-0.2, 0) is 0 Å². The molecule has 0 amide bonds. The van der Waals surface area contributed by atoms with E-state index >= 15 is 0 Å². The van der Waals surface area contributed by atoms with Gasteiger partial charge in [0.2, 0.25) is 0 Å². The predicted octanol–water partition coefficient (Wildman–Crippen LogP) is 3.26. The molecule has 2 heterocycles. The summed E-state index contributed by atoms with van der Waals surface area (Å²) in [6, 6.07) is 9.08. The topological polar surface area (TPSA) is 72.6 Å². The van der Waals surface area contributed by atoms with Crippen molar-refractivity contribution in [1.82, 2.24) is 5.16 Å². The number of carboxylic acid groups (broad SMARTS) is 1. The number of nitrogens with zero attached hydrogens (tertiary/aromatic N) is 1. The van der Waals surface area contributed by atoms with Crippen molar-refractivity contribution in [2.45, 2.75) is 0 Å². The molecule has 1 aromatic carbocycles. The highest BCUT2D eigenvalue weighted by molar-refractivity contribution is 7.22. The molecule has 0 unspecified atom stereocenters. The molecule has 0 fully saturated rings. The Labute approximate surface area is 112 Å². The first-order valence-corrected chi connectivity index (χ1v) is 6.27. The van der Waals surface area contributed by atoms with Crippen LogP contribution in [0.4, 0.5) is 0 Å². The van der Waals surface area contributed by atoms with Gasteiger partial charge < -0.3 is 14.4 Å². The van der Waals surface area contributed by atoms with E-state index in [1.165, 1.54) is 17.4 Å². The monoisotopic (exact) mass is 275 g/mol. The summed E-state index contributed by atoms with van der Waals surface area (Å²) in [7, 11) is 1.61. The second-order valence-corrected chi connectivity index (χ2v) is 4.95. The first kappa shape index (κ1) is 11.7. The van der Waals surface area contributed by atoms with Crippen molar-refractivity contribution in [3.8, 4) is 16.4 Å². The number of aromatic carboxylic acids is 1. The van der Waals surface area contributed by atoms with Crippen molar-refractivity contribution < 1.29 is 19.2 Å². The van der Waals surface area contributed by atoms with Gasteiger partial charge in [0, 0.05) is 16.2 Å². The van der Waals surface area contributed by atoms with E-state index in [1.807, 2.05) is 24.3 Å². The SMILES string of the molecule is COc1cccc2sc(-c3cc(C(=O)O)no3)cc12. The van der Waals surface area contributed by atoms with Crippen molar-refractivity contribution in [2.24, 2.45) is 0 Å². The summed E-state index contributed by atoms with van der Waals surface area (Å²) >= 11 is 1.50. The van der Waals surface area contributed by atoms with Crippen molar-refractivity contribution >= 4 is 27.4 Å². The number of hydrogen-bond acceptors (Lipinski definition) is 5. The van der Waals surface area contributed by atoms with Crippen LogP contribution in [0.25, 0.3) is 20.7 Å². The van der Waals surface area contributed by atoms with Crippen LogP contribution in [0, 0.1) is 0 Å². The van der Waals surface area contributed by atoms with E-state index in [1.54, 1.807) is 7.11 Å². The number of fused-ring (bicyclic) bond motifs is 1. The minimum Gasteiger partial charge on any atom is -0.496 e. The molecular formula is C13H9NO4S. The molecule has 0 bridgehead atoms. The maximum Gasteiger partial charge on any atom is 0.358 e. The molecule has 0 aliphatic rings. The van der Waals surface area contributed by atoms with Crippen molar-refractivity contribution in [1.29, 1.82) is 0 Å². The van der Waals surface area contributed by atoms with Gasteiger partial charge in [0.05, 0.1) is 12.0 Å². The average molecular weight is 275 g/mol. The van der Waals surface area contributed by atoms with E-state index in [9.17, 15) is 4.79 Å². The molecule has 0 saturated heterocycles. The van der Waals surface area contributed by atoms with Crippen LogP contribution in [0.3, 0.4) is 0 Å². The quantitative estimate of drug-likeness (QED) is 0.794. The van der Waals surface area contributed by atoms with Gasteiger partial charge in [-0.2, -0.15) is 0 Å². The molecule has 3 rings (SSSR count). The summed E-state index contributed by atoms with van der Waals surface area (Å²) in [4.78, 5) is 11.6. The highest BCUT2D eigenvalue weighted by atomic mass is 32.1. The fraction of sp³-hybridized carbons (Fsp3) is 0.0769. The van der Waals surface area contributed by atoms with Crippen LogP contribution in [0.2, 0.25) is 0 Å². The Morgan fingerprint density at radius 2 is 2.26 bits per heavy atom. The standard InChI is InChI=1S/C13H9NO4S/c1-17-9-3-2-4-11-7(9)5-12(19-11)10-6-8(13(15)16)14-18-10/h2-6H,1H3,(H,15,16). The lowest BCUT2D eigenvalue weighted by Gasteiger charge is -1.99. The van der Waals surface area contributed by atoms with E-state index < -0.39 is 5.97 Å². The molecule has 1 N–H and O–H groups in total. The molecule has 0 atom stereocenters. The Balaban J connectivity index is 2.12. The Morgan fingerprint density at radius 3 is 2.95 bits per heavy atom. The summed E-state index contributed by atoms with van der Waals surface area (Å²) < 4.78 is 11.4. The van der Waals surface area contributed by atoms with Gasteiger partial charge in [-0.15, -0.1) is 11.3 Å². The Bertz CT molecular complexity index is 759. The molecule has 19 heavy (non-hydrogen) atoms. The van der Waals surface area contributed by atoms with Gasteiger partial charge in [-0.3, -0.25) is 0 Å². The van der Waals surface area contributed by atoms with Crippen LogP contribution < -0.4 is 4.74 Å². The molecule has 6 heteroatoms. The number of hydrogen-bond donors (Lipinski definition) is 1. The minimum absolute atomic E-state index is 0.0978. The fourth-order valence-corrected chi connectivity index (χ4v) is 2.85. The number of benzene rings is 1. The zero-order valence-corrected chi connectivity index (χ0v) is 10.7. The van der Waals surface area contributed by atoms with Gasteiger partial charge >= 0.3 is 5.97 Å². The number of methoxy groups -OCH3 is 1. The second-order valence-electron chi connectivity index (χ2n) is 3.86. The van der Waals surface area contributed by atoms with Crippen LogP contribution in [0.15, 0.2) is 34.9 Å². The van der Waals surface area contributed by atoms with Gasteiger partial charge in [0.15, 0.2) is 11.5 Å². The number of carboxylic acids is 1.